The Bertz CT molecular complexity index is 2640. The smallest absolute Gasteiger partial charge is 0.317 e. The SMILES string of the molecule is O=C(NCC1CCN(C(=O)COc2cccc(C(C(=O)OCC3CCN(Cc4ccccc4)CC3)c3ccccc3)c2)CC1)c1ccc(CNC[C@H](O)c2ccc(O)c3[nH]c(=O)ccc23)cc1. The number of amides is 2. The van der Waals surface area contributed by atoms with Crippen LogP contribution < -0.4 is 20.9 Å². The van der Waals surface area contributed by atoms with E-state index in [1.54, 1.807) is 35.2 Å². The molecular formula is C54H59N5O8. The van der Waals surface area contributed by atoms with E-state index in [2.05, 4.69) is 44.8 Å². The summed E-state index contributed by atoms with van der Waals surface area (Å²) >= 11 is 0. The number of fused-ring (bicyclic) bond motifs is 1. The lowest BCUT2D eigenvalue weighted by Gasteiger charge is -2.32. The number of H-pyrrole nitrogens is 1. The average molecular weight is 906 g/mol. The molecule has 2 saturated heterocycles. The lowest BCUT2D eigenvalue weighted by atomic mass is 9.91. The van der Waals surface area contributed by atoms with Crippen LogP contribution in [0.3, 0.4) is 0 Å². The number of aliphatic hydroxyl groups is 1. The van der Waals surface area contributed by atoms with Crippen LogP contribution in [0.15, 0.2) is 138 Å². The molecule has 1 aromatic heterocycles. The number of rotatable bonds is 18. The minimum Gasteiger partial charge on any atom is -0.506 e. The van der Waals surface area contributed by atoms with E-state index >= 15 is 0 Å². The van der Waals surface area contributed by atoms with Gasteiger partial charge < -0.3 is 40.2 Å². The van der Waals surface area contributed by atoms with Crippen molar-refractivity contribution in [1.82, 2.24) is 25.4 Å². The summed E-state index contributed by atoms with van der Waals surface area (Å²) in [6.45, 7) is 5.45. The van der Waals surface area contributed by atoms with Crippen LogP contribution in [0.4, 0.5) is 0 Å². The second kappa shape index (κ2) is 22.6. The minimum absolute atomic E-state index is 0.0628. The standard InChI is InChI=1S/C54H59N5O8/c60-47-20-18-45(46-19-21-49(62)57-52(46)47)48(61)33-55-31-37-14-16-42(17-15-37)53(64)56-32-38-24-28-59(29-25-38)50(63)36-66-44-13-7-12-43(30-44)51(41-10-5-2-6-11-41)54(65)67-35-40-22-26-58(27-23-40)34-39-8-3-1-4-9-39/h1-21,30,38,40,48,51,55,60-61H,22-29,31-36H2,(H,56,64)(H,57,62)/t48-,51?/m0/s1. The number of ether oxygens (including phenoxy) is 2. The van der Waals surface area contributed by atoms with Gasteiger partial charge in [-0.2, -0.15) is 0 Å². The maximum absolute atomic E-state index is 13.8. The highest BCUT2D eigenvalue weighted by Gasteiger charge is 2.28. The second-order valence-corrected chi connectivity index (χ2v) is 17.7. The molecule has 13 heteroatoms. The maximum Gasteiger partial charge on any atom is 0.317 e. The fraction of sp³-hybridized carbons (Fsp3) is 0.333. The minimum atomic E-state index is -0.880. The van der Waals surface area contributed by atoms with Gasteiger partial charge in [0.2, 0.25) is 5.56 Å². The Morgan fingerprint density at radius 1 is 0.746 bits per heavy atom. The molecule has 0 saturated carbocycles. The van der Waals surface area contributed by atoms with E-state index in [-0.39, 0.29) is 53.7 Å². The molecule has 8 rings (SSSR count). The van der Waals surface area contributed by atoms with Gasteiger partial charge >= 0.3 is 5.97 Å². The molecule has 5 aromatic carbocycles. The first-order valence-corrected chi connectivity index (χ1v) is 23.3. The van der Waals surface area contributed by atoms with Crippen LogP contribution in [0.1, 0.15) is 75.9 Å². The van der Waals surface area contributed by atoms with Gasteiger partial charge in [0.25, 0.3) is 11.8 Å². The average Bonchev–Trinajstić information content (AvgIpc) is 3.36. The number of esters is 1. The lowest BCUT2D eigenvalue weighted by Crippen LogP contribution is -2.43. The van der Waals surface area contributed by atoms with Gasteiger partial charge in [0.15, 0.2) is 6.61 Å². The lowest BCUT2D eigenvalue weighted by molar-refractivity contribution is -0.146. The molecule has 2 aliphatic heterocycles. The van der Waals surface area contributed by atoms with Crippen LogP contribution in [0.25, 0.3) is 10.9 Å². The van der Waals surface area contributed by atoms with Crippen molar-refractivity contribution in [3.63, 3.8) is 0 Å². The molecule has 6 aromatic rings. The number of hydrogen-bond donors (Lipinski definition) is 5. The number of carbonyl (C=O) groups is 3. The molecule has 1 unspecified atom stereocenters. The number of phenolic OH excluding ortho intramolecular Hbond substituents is 1. The van der Waals surface area contributed by atoms with Crippen molar-refractivity contribution in [3.05, 3.63) is 177 Å². The number of nitrogens with zero attached hydrogens (tertiary/aromatic N) is 2. The Hall–Kier alpha value is -6.80. The zero-order valence-electron chi connectivity index (χ0n) is 37.6. The molecule has 0 spiro atoms. The monoisotopic (exact) mass is 905 g/mol. The van der Waals surface area contributed by atoms with E-state index in [0.29, 0.717) is 61.0 Å². The van der Waals surface area contributed by atoms with E-state index < -0.39 is 12.0 Å². The molecule has 2 amide bonds. The summed E-state index contributed by atoms with van der Waals surface area (Å²) in [6.07, 6.45) is 2.58. The van der Waals surface area contributed by atoms with E-state index in [1.807, 2.05) is 66.7 Å². The van der Waals surface area contributed by atoms with Crippen LogP contribution in [0.5, 0.6) is 11.5 Å². The van der Waals surface area contributed by atoms with E-state index in [1.165, 1.54) is 17.7 Å². The van der Waals surface area contributed by atoms with Crippen molar-refractivity contribution in [3.8, 4) is 11.5 Å². The fourth-order valence-electron chi connectivity index (χ4n) is 9.08. The second-order valence-electron chi connectivity index (χ2n) is 17.7. The number of benzene rings is 5. The molecule has 2 aliphatic rings. The predicted octanol–water partition coefficient (Wildman–Crippen LogP) is 6.69. The number of pyridine rings is 1. The molecular weight excluding hydrogens is 847 g/mol. The Morgan fingerprint density at radius 3 is 2.19 bits per heavy atom. The first-order valence-electron chi connectivity index (χ1n) is 23.3. The number of aliphatic hydroxyl groups excluding tert-OH is 1. The van der Waals surface area contributed by atoms with Crippen molar-refractivity contribution in [2.24, 2.45) is 11.8 Å². The summed E-state index contributed by atoms with van der Waals surface area (Å²) in [7, 11) is 0. The van der Waals surface area contributed by atoms with E-state index in [9.17, 15) is 29.4 Å². The molecule has 348 valence electrons. The highest BCUT2D eigenvalue weighted by molar-refractivity contribution is 5.94. The predicted molar refractivity (Wildman–Crippen MR) is 257 cm³/mol. The van der Waals surface area contributed by atoms with Gasteiger partial charge in [0.1, 0.15) is 17.4 Å². The first-order chi connectivity index (χ1) is 32.7. The van der Waals surface area contributed by atoms with Gasteiger partial charge in [-0.1, -0.05) is 91.0 Å². The number of aromatic nitrogens is 1. The number of aromatic hydroxyl groups is 1. The normalized spacial score (nSPS) is 15.7. The number of hydrogen-bond acceptors (Lipinski definition) is 10. The molecule has 2 fully saturated rings. The Labute approximate surface area is 390 Å². The Balaban J connectivity index is 0.750. The first kappa shape index (κ1) is 46.7. The molecule has 5 N–H and O–H groups in total. The summed E-state index contributed by atoms with van der Waals surface area (Å²) in [5, 5.41) is 27.9. The van der Waals surface area contributed by atoms with Crippen LogP contribution in [0.2, 0.25) is 0 Å². The molecule has 67 heavy (non-hydrogen) atoms. The van der Waals surface area contributed by atoms with Crippen molar-refractivity contribution >= 4 is 28.7 Å². The van der Waals surface area contributed by atoms with Crippen LogP contribution >= 0.6 is 0 Å². The summed E-state index contributed by atoms with van der Waals surface area (Å²) in [5.41, 5.74) is 4.88. The van der Waals surface area contributed by atoms with Crippen molar-refractivity contribution in [2.75, 3.05) is 52.5 Å². The Morgan fingerprint density at radius 2 is 1.45 bits per heavy atom. The summed E-state index contributed by atoms with van der Waals surface area (Å²) in [4.78, 5) is 58.8. The third kappa shape index (κ3) is 12.6. The van der Waals surface area contributed by atoms with Gasteiger partial charge in [0.05, 0.1) is 18.2 Å². The summed E-state index contributed by atoms with van der Waals surface area (Å²) in [5.74, 6) is -0.235. The number of nitrogens with one attached hydrogen (secondary N) is 3. The number of aromatic amines is 1. The van der Waals surface area contributed by atoms with Crippen LogP contribution in [0, 0.1) is 11.8 Å². The number of carbonyl (C=O) groups excluding carboxylic acids is 3. The Kier molecular flexibility index (Phi) is 15.8. The third-order valence-electron chi connectivity index (χ3n) is 13.0. The number of likely N-dealkylation sites (tertiary alicyclic amines) is 2. The molecule has 0 radical (unpaired) electrons. The zero-order valence-corrected chi connectivity index (χ0v) is 37.6. The van der Waals surface area contributed by atoms with Gasteiger partial charge in [-0.25, -0.2) is 0 Å². The third-order valence-corrected chi connectivity index (χ3v) is 13.0. The van der Waals surface area contributed by atoms with Crippen molar-refractivity contribution in [2.45, 2.75) is 50.8 Å². The summed E-state index contributed by atoms with van der Waals surface area (Å²) in [6, 6.07) is 40.8. The molecule has 13 nitrogen and oxygen atoms in total. The fourth-order valence-corrected chi connectivity index (χ4v) is 9.08. The zero-order chi connectivity index (χ0) is 46.5. The highest BCUT2D eigenvalue weighted by Crippen LogP contribution is 2.31. The van der Waals surface area contributed by atoms with Crippen molar-refractivity contribution in [1.29, 1.82) is 0 Å². The number of piperidine rings is 2. The van der Waals surface area contributed by atoms with Gasteiger partial charge in [-0.05, 0) is 115 Å². The van der Waals surface area contributed by atoms with E-state index in [0.717, 1.165) is 62.0 Å². The molecule has 2 atom stereocenters. The highest BCUT2D eigenvalue weighted by atomic mass is 16.5. The quantitative estimate of drug-likeness (QED) is 0.0585. The summed E-state index contributed by atoms with van der Waals surface area (Å²) < 4.78 is 12.1. The molecule has 0 aliphatic carbocycles. The van der Waals surface area contributed by atoms with Crippen molar-refractivity contribution < 1.29 is 34.1 Å². The van der Waals surface area contributed by atoms with Crippen LogP contribution in [-0.4, -0.2) is 95.3 Å². The van der Waals surface area contributed by atoms with Crippen LogP contribution in [-0.2, 0) is 27.4 Å². The van der Waals surface area contributed by atoms with Gasteiger partial charge in [0, 0.05) is 56.3 Å². The topological polar surface area (TPSA) is 174 Å². The van der Waals surface area contributed by atoms with Gasteiger partial charge in [-0.15, -0.1) is 0 Å². The maximum atomic E-state index is 13.8. The van der Waals surface area contributed by atoms with Gasteiger partial charge in [-0.3, -0.25) is 24.1 Å². The molecule has 3 heterocycles. The largest absolute Gasteiger partial charge is 0.506 e. The number of phenols is 1. The molecule has 0 bridgehead atoms. The van der Waals surface area contributed by atoms with E-state index in [4.69, 9.17) is 9.47 Å².